The van der Waals surface area contributed by atoms with Gasteiger partial charge in [0.25, 0.3) is 0 Å². The summed E-state index contributed by atoms with van der Waals surface area (Å²) in [4.78, 5) is 0. The molecule has 129 valence electrons. The van der Waals surface area contributed by atoms with Gasteiger partial charge in [0.1, 0.15) is 12.0 Å². The Hall–Kier alpha value is -0.792. The van der Waals surface area contributed by atoms with Gasteiger partial charge in [0.05, 0.1) is 0 Å². The predicted molar refractivity (Wildman–Crippen MR) is 103 cm³/mol. The first-order chi connectivity index (χ1) is 11.4. The van der Waals surface area contributed by atoms with E-state index in [-0.39, 0.29) is 0 Å². The molecule has 0 amide bonds. The standard InChI is InChI=1S/C15H23O5Si4/c1-21-17-22(2)19-24(4,20-23(3)18-21)12-16-15-10-9-13-7-5-6-8-14(13)11-15/h5-11,22-23H,12H2,1-4H3. The van der Waals surface area contributed by atoms with Crippen LogP contribution in [0.5, 0.6) is 5.75 Å². The Balaban J connectivity index is 1.70. The maximum absolute atomic E-state index is 6.22. The molecular weight excluding hydrogens is 373 g/mol. The summed E-state index contributed by atoms with van der Waals surface area (Å²) in [7, 11) is -7.18. The maximum Gasteiger partial charge on any atom is 0.361 e. The molecule has 3 rings (SSSR count). The van der Waals surface area contributed by atoms with E-state index in [9.17, 15) is 0 Å². The zero-order chi connectivity index (χ0) is 17.2. The van der Waals surface area contributed by atoms with E-state index in [1.54, 1.807) is 0 Å². The van der Waals surface area contributed by atoms with Crippen LogP contribution in [-0.2, 0) is 16.5 Å². The molecule has 1 radical (unpaired) electrons. The molecule has 1 fully saturated rings. The van der Waals surface area contributed by atoms with E-state index in [4.69, 9.17) is 21.2 Å². The minimum absolute atomic E-state index is 0.443. The van der Waals surface area contributed by atoms with Crippen molar-refractivity contribution in [1.29, 1.82) is 0 Å². The molecule has 5 nitrogen and oxygen atoms in total. The Morgan fingerprint density at radius 1 is 1.00 bits per heavy atom. The summed E-state index contributed by atoms with van der Waals surface area (Å²) in [6, 6.07) is 14.4. The molecule has 2 aromatic carbocycles. The number of benzene rings is 2. The van der Waals surface area contributed by atoms with Gasteiger partial charge in [-0.1, -0.05) is 30.3 Å². The van der Waals surface area contributed by atoms with Gasteiger partial charge in [-0.25, -0.2) is 0 Å². The first-order valence-electron chi connectivity index (χ1n) is 8.08. The van der Waals surface area contributed by atoms with Crippen LogP contribution in [0, 0.1) is 0 Å². The fraction of sp³-hybridized carbons (Fsp3) is 0.333. The highest BCUT2D eigenvalue weighted by Gasteiger charge is 2.40. The summed E-state index contributed by atoms with van der Waals surface area (Å²) < 4.78 is 30.3. The van der Waals surface area contributed by atoms with Crippen LogP contribution in [0.4, 0.5) is 0 Å². The van der Waals surface area contributed by atoms with E-state index < -0.39 is 36.4 Å². The first-order valence-corrected chi connectivity index (χ1v) is 16.6. The molecule has 2 unspecified atom stereocenters. The number of rotatable bonds is 3. The van der Waals surface area contributed by atoms with Crippen LogP contribution >= 0.6 is 0 Å². The molecule has 0 aliphatic carbocycles. The third kappa shape index (κ3) is 4.64. The monoisotopic (exact) mass is 395 g/mol. The number of hydrogen-bond acceptors (Lipinski definition) is 5. The SMILES string of the molecule is C[Si]1O[SiH](C)O[Si](C)(COc2ccc3ccccc3c2)O[SiH](C)O1. The third-order valence-electron chi connectivity index (χ3n) is 3.72. The number of ether oxygens (including phenoxy) is 1. The Kier molecular flexibility index (Phi) is 5.72. The zero-order valence-electron chi connectivity index (χ0n) is 14.4. The van der Waals surface area contributed by atoms with E-state index in [0.717, 1.165) is 11.1 Å². The summed E-state index contributed by atoms with van der Waals surface area (Å²) in [5, 5.41) is 2.37. The van der Waals surface area contributed by atoms with Crippen LogP contribution in [0.3, 0.4) is 0 Å². The van der Waals surface area contributed by atoms with Crippen molar-refractivity contribution in [3.05, 3.63) is 42.5 Å². The lowest BCUT2D eigenvalue weighted by Crippen LogP contribution is -2.56. The number of fused-ring (bicyclic) bond motifs is 1. The second kappa shape index (κ2) is 7.62. The highest BCUT2D eigenvalue weighted by atomic mass is 28.5. The van der Waals surface area contributed by atoms with Crippen molar-refractivity contribution in [1.82, 2.24) is 0 Å². The van der Waals surface area contributed by atoms with Crippen LogP contribution in [0.25, 0.3) is 10.8 Å². The molecule has 2 aromatic rings. The largest absolute Gasteiger partial charge is 0.492 e. The van der Waals surface area contributed by atoms with Gasteiger partial charge in [0, 0.05) is 0 Å². The number of hydrogen-bond donors (Lipinski definition) is 0. The lowest BCUT2D eigenvalue weighted by atomic mass is 10.1. The van der Waals surface area contributed by atoms with Crippen LogP contribution in [0.2, 0.25) is 26.2 Å². The minimum Gasteiger partial charge on any atom is -0.492 e. The van der Waals surface area contributed by atoms with Crippen LogP contribution in [0.15, 0.2) is 42.5 Å². The van der Waals surface area contributed by atoms with E-state index in [1.807, 2.05) is 44.4 Å². The van der Waals surface area contributed by atoms with Crippen molar-refractivity contribution >= 4 is 47.2 Å². The van der Waals surface area contributed by atoms with Crippen molar-refractivity contribution in [2.24, 2.45) is 0 Å². The van der Waals surface area contributed by atoms with Gasteiger partial charge in [0.15, 0.2) is 0 Å². The molecule has 1 aliphatic heterocycles. The molecule has 9 heteroatoms. The third-order valence-corrected chi connectivity index (χ3v) is 16.3. The lowest BCUT2D eigenvalue weighted by molar-refractivity contribution is 0.242. The van der Waals surface area contributed by atoms with Crippen molar-refractivity contribution in [3.8, 4) is 5.75 Å². The molecule has 0 aromatic heterocycles. The zero-order valence-corrected chi connectivity index (χ0v) is 18.8. The molecular formula is C15H23O5Si4. The summed E-state index contributed by atoms with van der Waals surface area (Å²) in [6.07, 6.45) is 0.443. The fourth-order valence-electron chi connectivity index (χ4n) is 2.81. The average molecular weight is 396 g/mol. The van der Waals surface area contributed by atoms with E-state index in [1.165, 1.54) is 5.39 Å². The Morgan fingerprint density at radius 2 is 1.62 bits per heavy atom. The van der Waals surface area contributed by atoms with Crippen molar-refractivity contribution in [2.75, 3.05) is 6.23 Å². The topological polar surface area (TPSA) is 46.2 Å². The highest BCUT2D eigenvalue weighted by Crippen LogP contribution is 2.23. The van der Waals surface area contributed by atoms with Gasteiger partial charge in [0.2, 0.25) is 0 Å². The molecule has 1 saturated heterocycles. The molecule has 2 atom stereocenters. The normalized spacial score (nSPS) is 29.2. The highest BCUT2D eigenvalue weighted by molar-refractivity contribution is 6.81. The first kappa shape index (κ1) is 18.0. The van der Waals surface area contributed by atoms with E-state index >= 15 is 0 Å². The van der Waals surface area contributed by atoms with Gasteiger partial charge in [-0.05, 0) is 49.1 Å². The Morgan fingerprint density at radius 3 is 2.29 bits per heavy atom. The van der Waals surface area contributed by atoms with Crippen molar-refractivity contribution in [3.63, 3.8) is 0 Å². The van der Waals surface area contributed by atoms with Crippen LogP contribution in [-0.4, -0.2) is 42.6 Å². The van der Waals surface area contributed by atoms with Gasteiger partial charge >= 0.3 is 36.4 Å². The second-order valence-electron chi connectivity index (χ2n) is 6.03. The molecule has 0 N–H and O–H groups in total. The second-order valence-corrected chi connectivity index (χ2v) is 15.6. The molecule has 24 heavy (non-hydrogen) atoms. The van der Waals surface area contributed by atoms with E-state index in [0.29, 0.717) is 6.23 Å². The predicted octanol–water partition coefficient (Wildman–Crippen LogP) is 2.73. The summed E-state index contributed by atoms with van der Waals surface area (Å²) in [5.74, 6) is 0.836. The van der Waals surface area contributed by atoms with Crippen molar-refractivity contribution in [2.45, 2.75) is 26.2 Å². The van der Waals surface area contributed by atoms with Gasteiger partial charge in [-0.3, -0.25) is 0 Å². The van der Waals surface area contributed by atoms with Crippen molar-refractivity contribution < 1.29 is 21.2 Å². The van der Waals surface area contributed by atoms with Gasteiger partial charge < -0.3 is 21.2 Å². The smallest absolute Gasteiger partial charge is 0.361 e. The summed E-state index contributed by atoms with van der Waals surface area (Å²) in [6.45, 7) is 8.10. The van der Waals surface area contributed by atoms with E-state index in [2.05, 4.69) is 24.3 Å². The van der Waals surface area contributed by atoms with Gasteiger partial charge in [-0.15, -0.1) is 0 Å². The quantitative estimate of drug-likeness (QED) is 0.748. The molecule has 1 heterocycles. The minimum atomic E-state index is -2.46. The Labute approximate surface area is 149 Å². The molecule has 1 aliphatic rings. The average Bonchev–Trinajstić information content (AvgIpc) is 2.51. The summed E-state index contributed by atoms with van der Waals surface area (Å²) >= 11 is 0. The molecule has 0 saturated carbocycles. The Bertz CT molecular complexity index is 686. The fourth-order valence-corrected chi connectivity index (χ4v) is 15.8. The molecule has 0 spiro atoms. The van der Waals surface area contributed by atoms with Crippen LogP contribution < -0.4 is 4.74 Å². The summed E-state index contributed by atoms with van der Waals surface area (Å²) in [5.41, 5.74) is 0. The maximum atomic E-state index is 6.22. The van der Waals surface area contributed by atoms with Crippen LogP contribution in [0.1, 0.15) is 0 Å². The van der Waals surface area contributed by atoms with Gasteiger partial charge in [-0.2, -0.15) is 0 Å². The lowest BCUT2D eigenvalue weighted by Gasteiger charge is -2.36. The molecule has 0 bridgehead atoms.